The summed E-state index contributed by atoms with van der Waals surface area (Å²) in [5, 5.41) is 10.6. The minimum atomic E-state index is -0.987. The lowest BCUT2D eigenvalue weighted by Gasteiger charge is -2.13. The van der Waals surface area contributed by atoms with E-state index in [9.17, 15) is 14.4 Å². The number of aromatic carboxylic acids is 1. The van der Waals surface area contributed by atoms with Gasteiger partial charge >= 0.3 is 5.97 Å². The predicted molar refractivity (Wildman–Crippen MR) is 126 cm³/mol. The molecule has 0 spiro atoms. The molecule has 1 aliphatic heterocycles. The molecule has 3 aromatic carbocycles. The van der Waals surface area contributed by atoms with Crippen LogP contribution in [0.25, 0.3) is 16.8 Å². The largest absolute Gasteiger partial charge is 0.488 e. The lowest BCUT2D eigenvalue weighted by atomic mass is 10.0. The average Bonchev–Trinajstić information content (AvgIpc) is 3.09. The third-order valence-corrected chi connectivity index (χ3v) is 6.10. The Morgan fingerprint density at radius 3 is 2.55 bits per heavy atom. The van der Waals surface area contributed by atoms with Crippen LogP contribution in [0.1, 0.15) is 21.5 Å². The number of ether oxygens (including phenoxy) is 2. The van der Waals surface area contributed by atoms with E-state index in [1.54, 1.807) is 18.2 Å². The van der Waals surface area contributed by atoms with Crippen molar-refractivity contribution in [3.63, 3.8) is 0 Å². The minimum absolute atomic E-state index is 0.198. The summed E-state index contributed by atoms with van der Waals surface area (Å²) < 4.78 is 11.1. The number of methoxy groups -OCH3 is 1. The fraction of sp³-hybridized carbons (Fsp3) is 0.160. The first kappa shape index (κ1) is 22.6. The number of hydrogen-bond acceptors (Lipinski definition) is 6. The van der Waals surface area contributed by atoms with Crippen LogP contribution >= 0.6 is 11.8 Å². The van der Waals surface area contributed by atoms with Crippen LogP contribution in [0.3, 0.4) is 0 Å². The fourth-order valence-electron chi connectivity index (χ4n) is 3.46. The third kappa shape index (κ3) is 4.92. The number of carboxylic acid groups (broad SMARTS) is 1. The van der Waals surface area contributed by atoms with Gasteiger partial charge in [-0.25, -0.2) is 4.79 Å². The molecule has 0 unspecified atom stereocenters. The molecule has 0 radical (unpaired) electrons. The topological polar surface area (TPSA) is 93.1 Å². The molecule has 0 aliphatic carbocycles. The van der Waals surface area contributed by atoms with Gasteiger partial charge in [-0.05, 0) is 52.4 Å². The highest BCUT2D eigenvalue weighted by atomic mass is 32.2. The van der Waals surface area contributed by atoms with Crippen LogP contribution in [0, 0.1) is 0 Å². The van der Waals surface area contributed by atoms with Crippen LogP contribution < -0.4 is 4.74 Å². The van der Waals surface area contributed by atoms with Crippen LogP contribution in [0.4, 0.5) is 4.79 Å². The maximum atomic E-state index is 12.8. The van der Waals surface area contributed by atoms with Crippen molar-refractivity contribution in [1.29, 1.82) is 0 Å². The standard InChI is InChI=1S/C25H21NO6S/c1-31-13-12-26-23(27)22(33-25(26)30)14-20-19-5-3-2-4-17(19)10-11-21(20)32-15-16-6-8-18(9-7-16)24(28)29/h2-11,14H,12-13,15H2,1H3,(H,28,29)/b22-14+. The van der Waals surface area contributed by atoms with Crippen LogP contribution in [-0.4, -0.2) is 47.4 Å². The Balaban J connectivity index is 1.66. The Kier molecular flexibility index (Phi) is 6.76. The van der Waals surface area contributed by atoms with Crippen LogP contribution in [0.5, 0.6) is 5.75 Å². The van der Waals surface area contributed by atoms with Gasteiger partial charge < -0.3 is 14.6 Å². The number of imide groups is 1. The summed E-state index contributed by atoms with van der Waals surface area (Å²) in [7, 11) is 1.52. The quantitative estimate of drug-likeness (QED) is 0.480. The first-order valence-electron chi connectivity index (χ1n) is 10.2. The molecule has 0 atom stereocenters. The Labute approximate surface area is 194 Å². The van der Waals surface area contributed by atoms with Gasteiger partial charge in [0.25, 0.3) is 11.1 Å². The molecule has 3 aromatic rings. The molecule has 1 fully saturated rings. The van der Waals surface area contributed by atoms with E-state index in [2.05, 4.69) is 0 Å². The minimum Gasteiger partial charge on any atom is -0.488 e. The van der Waals surface area contributed by atoms with E-state index in [0.717, 1.165) is 28.1 Å². The molecule has 1 N–H and O–H groups in total. The van der Waals surface area contributed by atoms with Crippen molar-refractivity contribution in [1.82, 2.24) is 4.90 Å². The average molecular weight is 464 g/mol. The van der Waals surface area contributed by atoms with Crippen molar-refractivity contribution in [2.75, 3.05) is 20.3 Å². The molecule has 1 saturated heterocycles. The number of thioether (sulfide) groups is 1. The molecular weight excluding hydrogens is 442 g/mol. The first-order chi connectivity index (χ1) is 16.0. The highest BCUT2D eigenvalue weighted by molar-refractivity contribution is 8.18. The zero-order chi connectivity index (χ0) is 23.4. The van der Waals surface area contributed by atoms with Gasteiger partial charge in [-0.15, -0.1) is 0 Å². The normalized spacial score (nSPS) is 14.9. The summed E-state index contributed by atoms with van der Waals surface area (Å²) in [6, 6.07) is 17.9. The number of fused-ring (bicyclic) bond motifs is 1. The Morgan fingerprint density at radius 2 is 1.82 bits per heavy atom. The molecule has 0 bridgehead atoms. The summed E-state index contributed by atoms with van der Waals surface area (Å²) in [5.74, 6) is -0.788. The number of rotatable bonds is 8. The van der Waals surface area contributed by atoms with Crippen LogP contribution in [-0.2, 0) is 16.1 Å². The second kappa shape index (κ2) is 9.89. The van der Waals surface area contributed by atoms with E-state index in [1.165, 1.54) is 24.1 Å². The molecule has 1 aliphatic rings. The highest BCUT2D eigenvalue weighted by Gasteiger charge is 2.35. The molecule has 4 rings (SSSR count). The van der Waals surface area contributed by atoms with Gasteiger partial charge in [-0.3, -0.25) is 14.5 Å². The monoisotopic (exact) mass is 463 g/mol. The molecule has 7 nitrogen and oxygen atoms in total. The molecule has 168 valence electrons. The number of hydrogen-bond donors (Lipinski definition) is 1. The summed E-state index contributed by atoms with van der Waals surface area (Å²) in [4.78, 5) is 37.7. The van der Waals surface area contributed by atoms with Crippen LogP contribution in [0.15, 0.2) is 65.6 Å². The number of nitrogens with zero attached hydrogens (tertiary/aromatic N) is 1. The second-order valence-electron chi connectivity index (χ2n) is 7.32. The molecule has 2 amide bonds. The van der Waals surface area contributed by atoms with Crippen molar-refractivity contribution < 1.29 is 29.0 Å². The van der Waals surface area contributed by atoms with Crippen molar-refractivity contribution in [3.8, 4) is 5.75 Å². The number of benzene rings is 3. The summed E-state index contributed by atoms with van der Waals surface area (Å²) in [6.45, 7) is 0.687. The molecular formula is C25H21NO6S. The third-order valence-electron chi connectivity index (χ3n) is 5.19. The maximum absolute atomic E-state index is 12.8. The van der Waals surface area contributed by atoms with Gasteiger partial charge in [0.05, 0.1) is 23.6 Å². The lowest BCUT2D eigenvalue weighted by molar-refractivity contribution is -0.123. The first-order valence-corrected chi connectivity index (χ1v) is 11.0. The van der Waals surface area contributed by atoms with E-state index in [1.807, 2.05) is 36.4 Å². The van der Waals surface area contributed by atoms with Crippen molar-refractivity contribution in [3.05, 3.63) is 82.3 Å². The van der Waals surface area contributed by atoms with Gasteiger partial charge in [-0.2, -0.15) is 0 Å². The molecule has 0 aromatic heterocycles. The van der Waals surface area contributed by atoms with E-state index in [-0.39, 0.29) is 36.5 Å². The van der Waals surface area contributed by atoms with Gasteiger partial charge in [0.1, 0.15) is 12.4 Å². The van der Waals surface area contributed by atoms with E-state index in [4.69, 9.17) is 14.6 Å². The summed E-state index contributed by atoms with van der Waals surface area (Å²) in [5.41, 5.74) is 1.71. The SMILES string of the molecule is COCCN1C(=O)S/C(=C/c2c(OCc3ccc(C(=O)O)cc3)ccc3ccccc23)C1=O. The lowest BCUT2D eigenvalue weighted by Crippen LogP contribution is -2.31. The number of carboxylic acids is 1. The van der Waals surface area contributed by atoms with Crippen molar-refractivity contribution in [2.45, 2.75) is 6.61 Å². The molecule has 8 heteroatoms. The van der Waals surface area contributed by atoms with E-state index < -0.39 is 5.97 Å². The van der Waals surface area contributed by atoms with E-state index >= 15 is 0 Å². The fourth-order valence-corrected chi connectivity index (χ4v) is 4.31. The zero-order valence-corrected chi connectivity index (χ0v) is 18.6. The smallest absolute Gasteiger partial charge is 0.335 e. The van der Waals surface area contributed by atoms with Crippen LogP contribution in [0.2, 0.25) is 0 Å². The highest BCUT2D eigenvalue weighted by Crippen LogP contribution is 2.37. The van der Waals surface area contributed by atoms with Crippen molar-refractivity contribution in [2.24, 2.45) is 0 Å². The number of amides is 2. The maximum Gasteiger partial charge on any atom is 0.335 e. The predicted octanol–water partition coefficient (Wildman–Crippen LogP) is 4.80. The molecule has 0 saturated carbocycles. The van der Waals surface area contributed by atoms with Gasteiger partial charge in [0, 0.05) is 12.7 Å². The van der Waals surface area contributed by atoms with Gasteiger partial charge in [0.15, 0.2) is 0 Å². The van der Waals surface area contributed by atoms with Crippen molar-refractivity contribution >= 4 is 45.7 Å². The van der Waals surface area contributed by atoms with Gasteiger partial charge in [-0.1, -0.05) is 42.5 Å². The zero-order valence-electron chi connectivity index (χ0n) is 17.8. The van der Waals surface area contributed by atoms with Gasteiger partial charge in [0.2, 0.25) is 0 Å². The second-order valence-corrected chi connectivity index (χ2v) is 8.31. The Bertz CT molecular complexity index is 1250. The number of carbonyl (C=O) groups is 3. The number of carbonyl (C=O) groups excluding carboxylic acids is 2. The summed E-state index contributed by atoms with van der Waals surface area (Å²) in [6.07, 6.45) is 1.70. The molecule has 33 heavy (non-hydrogen) atoms. The van der Waals surface area contributed by atoms with E-state index in [0.29, 0.717) is 16.2 Å². The molecule has 1 heterocycles. The Hall–Kier alpha value is -3.62. The summed E-state index contributed by atoms with van der Waals surface area (Å²) >= 11 is 0.895. The Morgan fingerprint density at radius 1 is 1.06 bits per heavy atom.